The van der Waals surface area contributed by atoms with Gasteiger partial charge in [0.05, 0.1) is 35.6 Å². The molecule has 4 N–H and O–H groups in total. The molecule has 29 heavy (non-hydrogen) atoms. The molecule has 0 atom stereocenters. The number of nitrogens with two attached hydrogens (primary N) is 2. The summed E-state index contributed by atoms with van der Waals surface area (Å²) in [6.07, 6.45) is 5.74. The highest BCUT2D eigenvalue weighted by Gasteiger charge is 2.26. The maximum atomic E-state index is 9.50. The molecule has 0 spiro atoms. The summed E-state index contributed by atoms with van der Waals surface area (Å²) >= 11 is 0. The number of fused-ring (bicyclic) bond motifs is 3. The Labute approximate surface area is 168 Å². The zero-order valence-electron chi connectivity index (χ0n) is 15.9. The molecule has 1 aromatic heterocycles. The van der Waals surface area contributed by atoms with Crippen molar-refractivity contribution in [3.05, 3.63) is 89.3 Å². The van der Waals surface area contributed by atoms with Crippen molar-refractivity contribution in [1.29, 1.82) is 5.26 Å². The molecule has 1 aliphatic rings. The highest BCUT2D eigenvalue weighted by atomic mass is 16.5. The van der Waals surface area contributed by atoms with Crippen LogP contribution in [-0.4, -0.2) is 16.7 Å². The molecule has 0 bridgehead atoms. The van der Waals surface area contributed by atoms with E-state index in [-0.39, 0.29) is 0 Å². The second-order valence-corrected chi connectivity index (χ2v) is 6.57. The van der Waals surface area contributed by atoms with Gasteiger partial charge in [0.1, 0.15) is 18.1 Å². The van der Waals surface area contributed by atoms with Gasteiger partial charge < -0.3 is 10.5 Å². The van der Waals surface area contributed by atoms with Crippen LogP contribution in [-0.2, 0) is 6.42 Å². The maximum Gasteiger partial charge on any atom is 0.162 e. The fourth-order valence-corrected chi connectivity index (χ4v) is 3.35. The molecule has 0 saturated heterocycles. The van der Waals surface area contributed by atoms with Crippen molar-refractivity contribution in [3.63, 3.8) is 0 Å². The lowest BCUT2D eigenvalue weighted by atomic mass is 10.1. The van der Waals surface area contributed by atoms with Crippen LogP contribution in [0.25, 0.3) is 11.8 Å². The highest BCUT2D eigenvalue weighted by molar-refractivity contribution is 5.70. The number of methoxy groups -OCH3 is 1. The van der Waals surface area contributed by atoms with Crippen molar-refractivity contribution < 1.29 is 4.74 Å². The lowest BCUT2D eigenvalue weighted by Gasteiger charge is -2.23. The van der Waals surface area contributed by atoms with Gasteiger partial charge in [0.2, 0.25) is 0 Å². The number of nitrogens with zero attached hydrogens (tertiary/aromatic N) is 4. The summed E-state index contributed by atoms with van der Waals surface area (Å²) in [5.41, 5.74) is 11.2. The molecule has 144 valence electrons. The smallest absolute Gasteiger partial charge is 0.162 e. The molecule has 7 nitrogen and oxygen atoms in total. The molecule has 3 aromatic rings. The predicted molar refractivity (Wildman–Crippen MR) is 112 cm³/mol. The van der Waals surface area contributed by atoms with Crippen LogP contribution in [0.5, 0.6) is 5.75 Å². The summed E-state index contributed by atoms with van der Waals surface area (Å²) in [5, 5.41) is 11.0. The fourth-order valence-electron chi connectivity index (χ4n) is 3.35. The first-order chi connectivity index (χ1) is 14.1. The van der Waals surface area contributed by atoms with Gasteiger partial charge in [-0.05, 0) is 23.8 Å². The zero-order chi connectivity index (χ0) is 20.4. The van der Waals surface area contributed by atoms with E-state index in [0.717, 1.165) is 16.9 Å². The minimum Gasteiger partial charge on any atom is -0.497 e. The Hall–Kier alpha value is -4.02. The molecule has 0 amide bonds. The van der Waals surface area contributed by atoms with Crippen LogP contribution in [0.3, 0.4) is 0 Å². The van der Waals surface area contributed by atoms with E-state index < -0.39 is 0 Å². The summed E-state index contributed by atoms with van der Waals surface area (Å²) in [5.74, 6) is 7.17. The summed E-state index contributed by atoms with van der Waals surface area (Å²) in [6.45, 7) is 0. The number of benzene rings is 2. The van der Waals surface area contributed by atoms with Gasteiger partial charge in [-0.2, -0.15) is 5.26 Å². The Morgan fingerprint density at radius 2 is 2.00 bits per heavy atom. The van der Waals surface area contributed by atoms with Crippen molar-refractivity contribution in [2.45, 2.75) is 6.42 Å². The van der Waals surface area contributed by atoms with Gasteiger partial charge in [-0.1, -0.05) is 36.4 Å². The number of hydrazine groups is 1. The third-order valence-corrected chi connectivity index (χ3v) is 4.89. The number of allylic oxidation sites excluding steroid dienone is 2. The quantitative estimate of drug-likeness (QED) is 0.673. The zero-order valence-corrected chi connectivity index (χ0v) is 15.9. The van der Waals surface area contributed by atoms with Crippen LogP contribution in [0.2, 0.25) is 0 Å². The number of hydrogen-bond acceptors (Lipinski definition) is 6. The number of hydrogen-bond donors (Lipinski definition) is 2. The van der Waals surface area contributed by atoms with Crippen LogP contribution in [0, 0.1) is 11.3 Å². The second kappa shape index (κ2) is 7.54. The van der Waals surface area contributed by atoms with Gasteiger partial charge in [-0.3, -0.25) is 9.58 Å². The number of nitriles is 1. The van der Waals surface area contributed by atoms with E-state index in [1.807, 2.05) is 65.3 Å². The van der Waals surface area contributed by atoms with E-state index in [4.69, 9.17) is 16.3 Å². The normalized spacial score (nSPS) is 14.7. The first kappa shape index (κ1) is 18.3. The van der Waals surface area contributed by atoms with E-state index in [2.05, 4.69) is 11.1 Å². The molecule has 7 heteroatoms. The third-order valence-electron chi connectivity index (χ3n) is 4.89. The molecular formula is C22H20N6O. The molecule has 0 aliphatic carbocycles. The summed E-state index contributed by atoms with van der Waals surface area (Å²) in [6, 6.07) is 17.6. The minimum absolute atomic E-state index is 0.347. The first-order valence-electron chi connectivity index (χ1n) is 9.03. The third kappa shape index (κ3) is 3.33. The van der Waals surface area contributed by atoms with Gasteiger partial charge in [-0.15, -0.1) is 0 Å². The first-order valence-corrected chi connectivity index (χ1v) is 9.03. The molecule has 0 saturated carbocycles. The van der Waals surface area contributed by atoms with Crippen molar-refractivity contribution in [2.24, 2.45) is 11.6 Å². The largest absolute Gasteiger partial charge is 0.497 e. The summed E-state index contributed by atoms with van der Waals surface area (Å²) < 4.78 is 7.23. The van der Waals surface area contributed by atoms with Crippen molar-refractivity contribution in [2.75, 3.05) is 12.1 Å². The fraction of sp³-hybridized carbons (Fsp3) is 0.0909. The minimum atomic E-state index is 0.347. The number of aromatic nitrogens is 2. The average Bonchev–Trinajstić information content (AvgIpc) is 3.13. The molecule has 0 unspecified atom stereocenters. The van der Waals surface area contributed by atoms with Gasteiger partial charge in [0.15, 0.2) is 5.69 Å². The maximum absolute atomic E-state index is 9.50. The van der Waals surface area contributed by atoms with Crippen LogP contribution >= 0.6 is 0 Å². The van der Waals surface area contributed by atoms with Crippen molar-refractivity contribution >= 4 is 11.8 Å². The lowest BCUT2D eigenvalue weighted by molar-refractivity contribution is 0.415. The number of anilines is 1. The van der Waals surface area contributed by atoms with Crippen LogP contribution < -0.4 is 21.3 Å². The van der Waals surface area contributed by atoms with Crippen LogP contribution in [0.15, 0.2) is 72.3 Å². The van der Waals surface area contributed by atoms with Gasteiger partial charge in [0.25, 0.3) is 0 Å². The van der Waals surface area contributed by atoms with Crippen molar-refractivity contribution in [1.82, 2.24) is 9.55 Å². The monoisotopic (exact) mass is 384 g/mol. The molecule has 0 fully saturated rings. The topological polar surface area (TPSA) is 106 Å². The predicted octanol–water partition coefficient (Wildman–Crippen LogP) is 2.87. The van der Waals surface area contributed by atoms with Gasteiger partial charge in [0, 0.05) is 12.5 Å². The number of imidazole rings is 1. The molecule has 2 heterocycles. The molecule has 0 radical (unpaired) electrons. The Morgan fingerprint density at radius 1 is 1.21 bits per heavy atom. The van der Waals surface area contributed by atoms with E-state index >= 15 is 0 Å². The Bertz CT molecular complexity index is 1150. The lowest BCUT2D eigenvalue weighted by Crippen LogP contribution is -2.33. The molecule has 1 aliphatic heterocycles. The van der Waals surface area contributed by atoms with E-state index in [1.165, 1.54) is 0 Å². The van der Waals surface area contributed by atoms with Gasteiger partial charge in [-0.25, -0.2) is 10.8 Å². The number of ether oxygens (including phenoxy) is 1. The second-order valence-electron chi connectivity index (χ2n) is 6.57. The molecular weight excluding hydrogens is 364 g/mol. The summed E-state index contributed by atoms with van der Waals surface area (Å²) in [7, 11) is 1.60. The Balaban J connectivity index is 1.87. The van der Waals surface area contributed by atoms with E-state index in [1.54, 1.807) is 18.4 Å². The summed E-state index contributed by atoms with van der Waals surface area (Å²) in [4.78, 5) is 4.24. The SMILES string of the molecule is COc1ccc2c(c1)N(N)/C(=C(N)/C=C/c1ccccc1)Cc1c(C#N)ncn1-2. The van der Waals surface area contributed by atoms with Crippen molar-refractivity contribution in [3.8, 4) is 17.5 Å². The molecule has 2 aromatic carbocycles. The Kier molecular flexibility index (Phi) is 4.77. The highest BCUT2D eigenvalue weighted by Crippen LogP contribution is 2.35. The van der Waals surface area contributed by atoms with Crippen LogP contribution in [0.1, 0.15) is 17.0 Å². The number of rotatable bonds is 3. The van der Waals surface area contributed by atoms with Crippen LogP contribution in [0.4, 0.5) is 5.69 Å². The van der Waals surface area contributed by atoms with E-state index in [9.17, 15) is 5.26 Å². The van der Waals surface area contributed by atoms with E-state index in [0.29, 0.717) is 34.9 Å². The standard InChI is InChI=1S/C22H20N6O/c1-29-16-8-10-19-22(11-16)28(25)20(12-21-18(13-23)26-14-27(19)21)17(24)9-7-15-5-3-2-4-6-15/h2-11,14H,12,24-25H2,1H3/b9-7+,20-17-. The Morgan fingerprint density at radius 3 is 2.72 bits per heavy atom. The average molecular weight is 384 g/mol. The molecule has 4 rings (SSSR count). The van der Waals surface area contributed by atoms with Gasteiger partial charge >= 0.3 is 0 Å².